The van der Waals surface area contributed by atoms with Gasteiger partial charge in [0, 0.05) is 6.07 Å². The second-order valence-electron chi connectivity index (χ2n) is 8.19. The molecule has 1 aliphatic heterocycles. The van der Waals surface area contributed by atoms with Gasteiger partial charge >= 0.3 is 11.7 Å². The number of benzene rings is 3. The first kappa shape index (κ1) is 28.7. The van der Waals surface area contributed by atoms with E-state index in [1.165, 1.54) is 37.5 Å². The molecule has 0 aromatic heterocycles. The SMILES string of the molecule is CCOc1cc(/C=C2\C(=O)NC(=O)N(c3ccc(OC)cc3)C2=O)cc(Br)c1Oc1ccc([N+](=O)[O-])cc1[N+](=O)[O-]. The van der Waals surface area contributed by atoms with Crippen molar-refractivity contribution in [3.05, 3.63) is 90.4 Å². The molecule has 1 N–H and O–H groups in total. The number of amides is 4. The number of anilines is 1. The number of nitro groups is 2. The average molecular weight is 627 g/mol. The van der Waals surface area contributed by atoms with Gasteiger partial charge in [0.25, 0.3) is 17.5 Å². The summed E-state index contributed by atoms with van der Waals surface area (Å²) in [7, 11) is 1.46. The van der Waals surface area contributed by atoms with Gasteiger partial charge in [0.05, 0.1) is 39.8 Å². The summed E-state index contributed by atoms with van der Waals surface area (Å²) >= 11 is 3.32. The van der Waals surface area contributed by atoms with Crippen molar-refractivity contribution in [2.45, 2.75) is 6.92 Å². The first-order valence-corrected chi connectivity index (χ1v) is 12.5. The van der Waals surface area contributed by atoms with Gasteiger partial charge in [-0.2, -0.15) is 0 Å². The van der Waals surface area contributed by atoms with Gasteiger partial charge in [-0.1, -0.05) is 0 Å². The number of hydrogen-bond donors (Lipinski definition) is 1. The number of nitrogens with one attached hydrogen (secondary N) is 1. The van der Waals surface area contributed by atoms with Crippen LogP contribution >= 0.6 is 15.9 Å². The Balaban J connectivity index is 1.73. The second kappa shape index (κ2) is 11.8. The quantitative estimate of drug-likeness (QED) is 0.145. The third-order valence-corrected chi connectivity index (χ3v) is 6.23. The molecule has 210 valence electrons. The van der Waals surface area contributed by atoms with Crippen LogP contribution < -0.4 is 24.4 Å². The lowest BCUT2D eigenvalue weighted by atomic mass is 10.1. The number of carbonyl (C=O) groups excluding carboxylic acids is 3. The van der Waals surface area contributed by atoms with E-state index in [1.807, 2.05) is 0 Å². The number of non-ortho nitro benzene ring substituents is 1. The fourth-order valence-electron chi connectivity index (χ4n) is 3.78. The molecular weight excluding hydrogens is 608 g/mol. The van der Waals surface area contributed by atoms with E-state index < -0.39 is 39.1 Å². The summed E-state index contributed by atoms with van der Waals surface area (Å²) in [6.45, 7) is 1.82. The summed E-state index contributed by atoms with van der Waals surface area (Å²) in [4.78, 5) is 60.2. The van der Waals surface area contributed by atoms with E-state index in [4.69, 9.17) is 14.2 Å². The largest absolute Gasteiger partial charge is 0.497 e. The van der Waals surface area contributed by atoms with Gasteiger partial charge in [-0.15, -0.1) is 0 Å². The van der Waals surface area contributed by atoms with Gasteiger partial charge in [0.15, 0.2) is 11.5 Å². The molecule has 0 aliphatic carbocycles. The lowest BCUT2D eigenvalue weighted by Crippen LogP contribution is -2.54. The Morgan fingerprint density at radius 2 is 1.68 bits per heavy atom. The van der Waals surface area contributed by atoms with Crippen LogP contribution in [0.5, 0.6) is 23.0 Å². The van der Waals surface area contributed by atoms with Crippen LogP contribution in [0.4, 0.5) is 21.9 Å². The predicted molar refractivity (Wildman–Crippen MR) is 147 cm³/mol. The van der Waals surface area contributed by atoms with E-state index >= 15 is 0 Å². The van der Waals surface area contributed by atoms with Gasteiger partial charge in [-0.05, 0) is 77.0 Å². The van der Waals surface area contributed by atoms with Crippen LogP contribution in [0.15, 0.2) is 64.6 Å². The molecule has 0 bridgehead atoms. The number of nitro benzene ring substituents is 2. The molecule has 1 saturated heterocycles. The van der Waals surface area contributed by atoms with Crippen molar-refractivity contribution >= 4 is 56.9 Å². The lowest BCUT2D eigenvalue weighted by Gasteiger charge is -2.26. The Hall–Kier alpha value is -5.31. The standard InChI is InChI=1S/C26H19BrN4O10/c1-3-40-22-12-14(11-19(27)23(22)41-21-9-6-16(30(35)36)13-20(21)31(37)38)10-18-24(32)28-26(34)29(25(18)33)15-4-7-17(39-2)8-5-15/h4-13H,3H2,1-2H3,(H,28,32,34)/b18-10+. The first-order valence-electron chi connectivity index (χ1n) is 11.7. The number of rotatable bonds is 9. The summed E-state index contributed by atoms with van der Waals surface area (Å²) in [6.07, 6.45) is 1.24. The highest BCUT2D eigenvalue weighted by Crippen LogP contribution is 2.43. The van der Waals surface area contributed by atoms with E-state index in [1.54, 1.807) is 19.1 Å². The number of halogens is 1. The molecule has 0 spiro atoms. The second-order valence-corrected chi connectivity index (χ2v) is 9.04. The third kappa shape index (κ3) is 5.99. The van der Waals surface area contributed by atoms with Crippen LogP contribution in [-0.2, 0) is 9.59 Å². The van der Waals surface area contributed by atoms with E-state index in [2.05, 4.69) is 21.2 Å². The number of ether oxygens (including phenoxy) is 3. The summed E-state index contributed by atoms with van der Waals surface area (Å²) in [6, 6.07) is 10.9. The number of barbiturate groups is 1. The molecule has 1 fully saturated rings. The number of nitrogens with zero attached hydrogens (tertiary/aromatic N) is 3. The fraction of sp³-hybridized carbons (Fsp3) is 0.115. The molecule has 14 nitrogen and oxygen atoms in total. The number of urea groups is 1. The Bertz CT molecular complexity index is 1620. The van der Waals surface area contributed by atoms with Crippen molar-refractivity contribution in [1.29, 1.82) is 0 Å². The van der Waals surface area contributed by atoms with Crippen molar-refractivity contribution in [2.75, 3.05) is 18.6 Å². The fourth-order valence-corrected chi connectivity index (χ4v) is 4.32. The first-order chi connectivity index (χ1) is 19.5. The molecule has 15 heteroatoms. The Kier molecular flexibility index (Phi) is 8.28. The van der Waals surface area contributed by atoms with Crippen molar-refractivity contribution < 1.29 is 38.4 Å². The van der Waals surface area contributed by atoms with Gasteiger partial charge in [-0.25, -0.2) is 9.69 Å². The van der Waals surface area contributed by atoms with E-state index in [-0.39, 0.29) is 45.2 Å². The zero-order chi connectivity index (χ0) is 29.8. The minimum absolute atomic E-state index is 0.000382. The summed E-state index contributed by atoms with van der Waals surface area (Å²) in [5.74, 6) is -1.50. The van der Waals surface area contributed by atoms with Gasteiger partial charge in [0.1, 0.15) is 11.3 Å². The highest BCUT2D eigenvalue weighted by molar-refractivity contribution is 9.10. The predicted octanol–water partition coefficient (Wildman–Crippen LogP) is 5.13. The number of imide groups is 2. The van der Waals surface area contributed by atoms with Gasteiger partial charge in [-0.3, -0.25) is 35.1 Å². The maximum atomic E-state index is 13.3. The normalized spacial score (nSPS) is 14.1. The molecule has 1 heterocycles. The Morgan fingerprint density at radius 1 is 0.976 bits per heavy atom. The third-order valence-electron chi connectivity index (χ3n) is 5.64. The average Bonchev–Trinajstić information content (AvgIpc) is 2.93. The van der Waals surface area contributed by atoms with Crippen molar-refractivity contribution in [2.24, 2.45) is 0 Å². The minimum atomic E-state index is -0.924. The van der Waals surface area contributed by atoms with Crippen molar-refractivity contribution in [1.82, 2.24) is 5.32 Å². The van der Waals surface area contributed by atoms with Crippen molar-refractivity contribution in [3.63, 3.8) is 0 Å². The van der Waals surface area contributed by atoms with Gasteiger partial charge in [0.2, 0.25) is 5.75 Å². The molecule has 4 rings (SSSR count). The highest BCUT2D eigenvalue weighted by Gasteiger charge is 2.37. The maximum absolute atomic E-state index is 13.3. The van der Waals surface area contributed by atoms with Crippen LogP contribution in [0.3, 0.4) is 0 Å². The van der Waals surface area contributed by atoms with Gasteiger partial charge < -0.3 is 14.2 Å². The zero-order valence-corrected chi connectivity index (χ0v) is 22.9. The molecule has 3 aromatic rings. The number of methoxy groups -OCH3 is 1. The highest BCUT2D eigenvalue weighted by atomic mass is 79.9. The van der Waals surface area contributed by atoms with E-state index in [9.17, 15) is 34.6 Å². The molecule has 41 heavy (non-hydrogen) atoms. The molecule has 0 saturated carbocycles. The zero-order valence-electron chi connectivity index (χ0n) is 21.3. The monoisotopic (exact) mass is 626 g/mol. The summed E-state index contributed by atoms with van der Waals surface area (Å²) in [5, 5.41) is 24.7. The molecule has 3 aromatic carbocycles. The van der Waals surface area contributed by atoms with Crippen LogP contribution in [-0.4, -0.2) is 41.4 Å². The molecule has 0 unspecified atom stereocenters. The molecule has 0 atom stereocenters. The van der Waals surface area contributed by atoms with Crippen LogP contribution in [0.25, 0.3) is 6.08 Å². The van der Waals surface area contributed by atoms with Crippen LogP contribution in [0.2, 0.25) is 0 Å². The van der Waals surface area contributed by atoms with Crippen LogP contribution in [0, 0.1) is 20.2 Å². The smallest absolute Gasteiger partial charge is 0.335 e. The van der Waals surface area contributed by atoms with E-state index in [0.717, 1.165) is 23.1 Å². The van der Waals surface area contributed by atoms with E-state index in [0.29, 0.717) is 5.75 Å². The minimum Gasteiger partial charge on any atom is -0.497 e. The Labute approximate surface area is 239 Å². The van der Waals surface area contributed by atoms with Crippen molar-refractivity contribution in [3.8, 4) is 23.0 Å². The maximum Gasteiger partial charge on any atom is 0.335 e. The number of hydrogen-bond acceptors (Lipinski definition) is 10. The molecule has 1 aliphatic rings. The molecule has 0 radical (unpaired) electrons. The lowest BCUT2D eigenvalue weighted by molar-refractivity contribution is -0.394. The molecule has 4 amide bonds. The van der Waals surface area contributed by atoms with Crippen LogP contribution in [0.1, 0.15) is 12.5 Å². The molecular formula is C26H19BrN4O10. The number of carbonyl (C=O) groups is 3. The summed E-state index contributed by atoms with van der Waals surface area (Å²) in [5.41, 5.74) is -1.00. The summed E-state index contributed by atoms with van der Waals surface area (Å²) < 4.78 is 16.7. The Morgan fingerprint density at radius 3 is 2.29 bits per heavy atom. The topological polar surface area (TPSA) is 180 Å².